The van der Waals surface area contributed by atoms with Gasteiger partial charge in [0.2, 0.25) is 0 Å². The maximum absolute atomic E-state index is 2.26. The molecule has 0 spiro atoms. The Labute approximate surface area is 76.5 Å². The van der Waals surface area contributed by atoms with E-state index in [9.17, 15) is 0 Å². The van der Waals surface area contributed by atoms with E-state index in [-0.39, 0.29) is 0 Å². The Morgan fingerprint density at radius 1 is 1.20 bits per heavy atom. The molecule has 0 aliphatic heterocycles. The van der Waals surface area contributed by atoms with E-state index < -0.39 is 0 Å². The van der Waals surface area contributed by atoms with Gasteiger partial charge in [0, 0.05) is 0 Å². The van der Waals surface area contributed by atoms with Crippen LogP contribution in [-0.4, -0.2) is 24.4 Å². The van der Waals surface area contributed by atoms with Gasteiger partial charge in [-0.1, -0.05) is 0 Å². The van der Waals surface area contributed by atoms with Crippen molar-refractivity contribution in [3.8, 4) is 0 Å². The number of rotatable bonds is 2. The standard InChI is InChI=1S/C9H9.In.2H/c1-2-6-9-7-4-3-5-8-9;;;/h2-8H,1H2;;;/b6-2+;;;. The second-order valence-electron chi connectivity index (χ2n) is 2.22. The number of hydrogen-bond acceptors (Lipinski definition) is 0. The predicted molar refractivity (Wildman–Crippen MR) is 48.8 cm³/mol. The molecule has 0 atom stereocenters. The summed E-state index contributed by atoms with van der Waals surface area (Å²) >= 11 is 0.815. The van der Waals surface area contributed by atoms with Crippen molar-refractivity contribution < 1.29 is 0 Å². The second kappa shape index (κ2) is 4.62. The zero-order valence-corrected chi connectivity index (χ0v) is 12.0. The van der Waals surface area contributed by atoms with Gasteiger partial charge in [0.25, 0.3) is 0 Å². The van der Waals surface area contributed by atoms with Crippen LogP contribution in [0.25, 0.3) is 6.08 Å². The molecule has 0 bridgehead atoms. The van der Waals surface area contributed by atoms with Crippen molar-refractivity contribution >= 4 is 30.5 Å². The Hall–Kier alpha value is -0.170. The van der Waals surface area contributed by atoms with Gasteiger partial charge in [0.15, 0.2) is 0 Å². The minimum atomic E-state index is 0.815. The van der Waals surface area contributed by atoms with Crippen molar-refractivity contribution in [3.63, 3.8) is 0 Å². The first-order chi connectivity index (χ1) is 4.93. The molecule has 0 fully saturated rings. The third kappa shape index (κ3) is 2.61. The quantitative estimate of drug-likeness (QED) is 0.731. The van der Waals surface area contributed by atoms with Gasteiger partial charge in [-0.15, -0.1) is 0 Å². The summed E-state index contributed by atoms with van der Waals surface area (Å²) in [6.07, 6.45) is 4.45. The summed E-state index contributed by atoms with van der Waals surface area (Å²) in [5.74, 6) is 0. The number of hydrogen-bond donors (Lipinski definition) is 0. The summed E-state index contributed by atoms with van der Waals surface area (Å²) in [7, 11) is 0. The fraction of sp³-hybridized carbons (Fsp3) is 0.111. The van der Waals surface area contributed by atoms with Crippen molar-refractivity contribution in [1.29, 1.82) is 0 Å². The third-order valence-electron chi connectivity index (χ3n) is 1.35. The Morgan fingerprint density at radius 2 is 1.90 bits per heavy atom. The molecule has 1 aromatic carbocycles. The summed E-state index contributed by atoms with van der Waals surface area (Å²) in [6.45, 7) is 0. The van der Waals surface area contributed by atoms with Crippen LogP contribution in [0, 0.1) is 0 Å². The van der Waals surface area contributed by atoms with E-state index in [1.54, 1.807) is 0 Å². The van der Waals surface area contributed by atoms with Crippen molar-refractivity contribution in [2.45, 2.75) is 4.18 Å². The molecule has 0 heterocycles. The van der Waals surface area contributed by atoms with Crippen LogP contribution in [0.1, 0.15) is 5.56 Å². The molecule has 1 aromatic rings. The van der Waals surface area contributed by atoms with Crippen LogP contribution >= 0.6 is 0 Å². The summed E-state index contributed by atoms with van der Waals surface area (Å²) in [5.41, 5.74) is 1.32. The molecule has 0 saturated heterocycles. The van der Waals surface area contributed by atoms with Crippen molar-refractivity contribution in [2.24, 2.45) is 0 Å². The van der Waals surface area contributed by atoms with Crippen LogP contribution < -0.4 is 0 Å². The van der Waals surface area contributed by atoms with E-state index >= 15 is 0 Å². The van der Waals surface area contributed by atoms with Gasteiger partial charge in [-0.05, 0) is 0 Å². The Balaban J connectivity index is 2.67. The van der Waals surface area contributed by atoms with Gasteiger partial charge in [-0.25, -0.2) is 0 Å². The molecule has 1 heteroatoms. The molecule has 1 rings (SSSR count). The first-order valence-corrected chi connectivity index (χ1v) is 7.68. The second-order valence-corrected chi connectivity index (χ2v) is 4.55. The summed E-state index contributed by atoms with van der Waals surface area (Å²) in [4.78, 5) is 0. The van der Waals surface area contributed by atoms with Crippen molar-refractivity contribution in [2.75, 3.05) is 0 Å². The van der Waals surface area contributed by atoms with E-state index in [0.717, 1.165) is 24.4 Å². The first kappa shape index (κ1) is 7.93. The first-order valence-electron chi connectivity index (χ1n) is 3.65. The maximum atomic E-state index is 2.26. The average molecular weight is 234 g/mol. The van der Waals surface area contributed by atoms with Crippen LogP contribution in [0.4, 0.5) is 0 Å². The van der Waals surface area contributed by atoms with E-state index in [1.165, 1.54) is 9.74 Å². The van der Waals surface area contributed by atoms with Gasteiger partial charge in [0.1, 0.15) is 0 Å². The molecule has 0 unspecified atom stereocenters. The molecule has 0 aliphatic carbocycles. The van der Waals surface area contributed by atoms with E-state index in [4.69, 9.17) is 0 Å². The average Bonchev–Trinajstić information content (AvgIpc) is 2.03. The van der Waals surface area contributed by atoms with Crippen LogP contribution in [0.5, 0.6) is 0 Å². The molecule has 50 valence electrons. The SMILES string of the molecule is [InH2][CH2]/C=C/c1ccccc1. The van der Waals surface area contributed by atoms with Crippen LogP contribution in [0.15, 0.2) is 36.4 Å². The molecule has 0 aromatic heterocycles. The normalized spacial score (nSPS) is 10.4. The molecule has 10 heavy (non-hydrogen) atoms. The monoisotopic (exact) mass is 234 g/mol. The summed E-state index contributed by atoms with van der Waals surface area (Å²) in [5, 5.41) is 0. The molecular formula is C9H11In. The fourth-order valence-electron chi connectivity index (χ4n) is 0.818. The predicted octanol–water partition coefficient (Wildman–Crippen LogP) is 1.75. The van der Waals surface area contributed by atoms with Gasteiger partial charge in [0.05, 0.1) is 0 Å². The van der Waals surface area contributed by atoms with Crippen LogP contribution in [0.2, 0.25) is 4.18 Å². The summed E-state index contributed by atoms with van der Waals surface area (Å²) in [6, 6.07) is 10.4. The van der Waals surface area contributed by atoms with E-state index in [1.807, 2.05) is 6.07 Å². The zero-order chi connectivity index (χ0) is 7.23. The minimum absolute atomic E-state index is 0.815. The number of allylic oxidation sites excluding steroid dienone is 1. The van der Waals surface area contributed by atoms with E-state index in [0.29, 0.717) is 0 Å². The molecule has 0 N–H and O–H groups in total. The molecule has 0 aliphatic rings. The Bertz CT molecular complexity index is 201. The zero-order valence-electron chi connectivity index (χ0n) is 6.25. The Kier molecular flexibility index (Phi) is 3.66. The van der Waals surface area contributed by atoms with Crippen LogP contribution in [-0.2, 0) is 0 Å². The third-order valence-corrected chi connectivity index (χ3v) is 2.69. The molecule has 0 nitrogen and oxygen atoms in total. The number of benzene rings is 1. The molecule has 0 saturated carbocycles. The van der Waals surface area contributed by atoms with E-state index in [2.05, 4.69) is 36.4 Å². The van der Waals surface area contributed by atoms with Crippen molar-refractivity contribution in [1.82, 2.24) is 0 Å². The molecule has 0 amide bonds. The van der Waals surface area contributed by atoms with Gasteiger partial charge in [-0.2, -0.15) is 0 Å². The fourth-order valence-corrected chi connectivity index (χ4v) is 1.49. The Morgan fingerprint density at radius 3 is 2.50 bits per heavy atom. The van der Waals surface area contributed by atoms with Crippen molar-refractivity contribution in [3.05, 3.63) is 42.0 Å². The van der Waals surface area contributed by atoms with Crippen LogP contribution in [0.3, 0.4) is 0 Å². The van der Waals surface area contributed by atoms with Gasteiger partial charge in [-0.3, -0.25) is 0 Å². The van der Waals surface area contributed by atoms with Gasteiger partial charge >= 0.3 is 76.6 Å². The molecule has 0 radical (unpaired) electrons. The topological polar surface area (TPSA) is 0 Å². The molecular weight excluding hydrogens is 223 g/mol. The summed E-state index contributed by atoms with van der Waals surface area (Å²) < 4.78 is 1.32. The van der Waals surface area contributed by atoms with Gasteiger partial charge < -0.3 is 0 Å².